The molecule has 2 atom stereocenters. The van der Waals surface area contributed by atoms with E-state index in [-0.39, 0.29) is 30.0 Å². The van der Waals surface area contributed by atoms with Crippen LogP contribution in [0.25, 0.3) is 0 Å². The van der Waals surface area contributed by atoms with Crippen LogP contribution in [-0.4, -0.2) is 43.0 Å². The number of rotatable bonds is 8. The van der Waals surface area contributed by atoms with Gasteiger partial charge in [-0.1, -0.05) is 30.6 Å². The second-order valence-electron chi connectivity index (χ2n) is 8.79. The first-order chi connectivity index (χ1) is 14.4. The first-order valence-corrected chi connectivity index (χ1v) is 11.0. The molecule has 2 aliphatic rings. The van der Waals surface area contributed by atoms with Crippen LogP contribution in [0.3, 0.4) is 0 Å². The average molecular weight is 433 g/mol. The van der Waals surface area contributed by atoms with Gasteiger partial charge in [-0.25, -0.2) is 0 Å². The molecule has 2 saturated heterocycles. The van der Waals surface area contributed by atoms with E-state index in [0.29, 0.717) is 17.4 Å². The monoisotopic (exact) mass is 432 g/mol. The topological polar surface area (TPSA) is 64.8 Å². The van der Waals surface area contributed by atoms with Crippen molar-refractivity contribution < 1.29 is 18.8 Å². The van der Waals surface area contributed by atoms with Crippen molar-refractivity contribution in [1.29, 1.82) is 0 Å². The van der Waals surface area contributed by atoms with E-state index in [9.17, 15) is 4.79 Å². The second-order valence-corrected chi connectivity index (χ2v) is 9.22. The fourth-order valence-corrected chi connectivity index (χ4v) is 4.01. The number of nitrogens with zero attached hydrogens (tertiary/aromatic N) is 2. The summed E-state index contributed by atoms with van der Waals surface area (Å²) in [6.45, 7) is 6.24. The molecule has 2 aromatic rings. The van der Waals surface area contributed by atoms with E-state index in [0.717, 1.165) is 50.2 Å². The van der Waals surface area contributed by atoms with Crippen LogP contribution in [0.2, 0.25) is 5.02 Å². The van der Waals surface area contributed by atoms with Crippen LogP contribution in [0.5, 0.6) is 0 Å². The molecule has 1 aromatic heterocycles. The van der Waals surface area contributed by atoms with Crippen LogP contribution < -0.4 is 4.90 Å². The van der Waals surface area contributed by atoms with Crippen LogP contribution in [0, 0.1) is 0 Å². The van der Waals surface area contributed by atoms with Gasteiger partial charge in [-0.05, 0) is 49.9 Å². The van der Waals surface area contributed by atoms with E-state index in [4.69, 9.17) is 25.6 Å². The van der Waals surface area contributed by atoms with Gasteiger partial charge in [-0.3, -0.25) is 4.79 Å². The summed E-state index contributed by atoms with van der Waals surface area (Å²) in [6.07, 6.45) is 4.12. The maximum atomic E-state index is 12.8. The van der Waals surface area contributed by atoms with E-state index in [1.165, 1.54) is 0 Å². The predicted molar refractivity (Wildman–Crippen MR) is 115 cm³/mol. The van der Waals surface area contributed by atoms with Gasteiger partial charge in [0.2, 0.25) is 0 Å². The number of benzene rings is 1. The van der Waals surface area contributed by atoms with Crippen LogP contribution in [0.1, 0.15) is 51.0 Å². The summed E-state index contributed by atoms with van der Waals surface area (Å²) >= 11 is 5.97. The Morgan fingerprint density at radius 3 is 2.73 bits per heavy atom. The Kier molecular flexibility index (Phi) is 6.46. The Hall–Kier alpha value is -1.89. The molecule has 0 spiro atoms. The van der Waals surface area contributed by atoms with E-state index in [1.54, 1.807) is 0 Å². The van der Waals surface area contributed by atoms with Crippen molar-refractivity contribution in [2.24, 2.45) is 0 Å². The lowest BCUT2D eigenvalue weighted by Gasteiger charge is -2.41. The summed E-state index contributed by atoms with van der Waals surface area (Å²) in [5, 5.41) is 4.91. The molecule has 2 fully saturated rings. The summed E-state index contributed by atoms with van der Waals surface area (Å²) in [5.74, 6) is 0.739. The number of anilines is 1. The highest BCUT2D eigenvalue weighted by atomic mass is 35.5. The largest absolute Gasteiger partial charge is 0.361 e. The maximum Gasteiger partial charge on any atom is 0.162 e. The molecule has 1 unspecified atom stereocenters. The molecule has 7 heteroatoms. The van der Waals surface area contributed by atoms with Gasteiger partial charge in [0.15, 0.2) is 12.1 Å². The Bertz CT molecular complexity index is 858. The zero-order chi connectivity index (χ0) is 21.1. The highest BCUT2D eigenvalue weighted by Gasteiger charge is 2.35. The van der Waals surface area contributed by atoms with Crippen molar-refractivity contribution >= 4 is 23.1 Å². The van der Waals surface area contributed by atoms with Gasteiger partial charge in [0.05, 0.1) is 24.8 Å². The molecule has 4 rings (SSSR count). The molecule has 3 heterocycles. The average Bonchev–Trinajstić information content (AvgIpc) is 3.17. The summed E-state index contributed by atoms with van der Waals surface area (Å²) < 4.78 is 17.1. The lowest BCUT2D eigenvalue weighted by molar-refractivity contribution is -0.170. The number of hydrogen-bond acceptors (Lipinski definition) is 6. The highest BCUT2D eigenvalue weighted by Crippen LogP contribution is 2.30. The van der Waals surface area contributed by atoms with E-state index in [2.05, 4.69) is 23.9 Å². The van der Waals surface area contributed by atoms with Crippen LogP contribution >= 0.6 is 11.6 Å². The summed E-state index contributed by atoms with van der Waals surface area (Å²) in [6, 6.07) is 9.36. The Balaban J connectivity index is 1.33. The van der Waals surface area contributed by atoms with Crippen LogP contribution in [0.15, 0.2) is 34.9 Å². The van der Waals surface area contributed by atoms with Crippen molar-refractivity contribution in [1.82, 2.24) is 5.16 Å². The van der Waals surface area contributed by atoms with Gasteiger partial charge >= 0.3 is 0 Å². The molecule has 162 valence electrons. The Morgan fingerprint density at radius 1 is 1.27 bits per heavy atom. The number of aromatic nitrogens is 1. The molecule has 6 nitrogen and oxygen atoms in total. The van der Waals surface area contributed by atoms with Crippen LogP contribution in [-0.2, 0) is 26.1 Å². The molecule has 0 amide bonds. The number of ether oxygens (including phenoxy) is 2. The van der Waals surface area contributed by atoms with Crippen molar-refractivity contribution in [2.75, 3.05) is 24.7 Å². The fourth-order valence-electron chi connectivity index (χ4n) is 3.89. The van der Waals surface area contributed by atoms with E-state index >= 15 is 0 Å². The van der Waals surface area contributed by atoms with Gasteiger partial charge in [-0.2, -0.15) is 0 Å². The minimum absolute atomic E-state index is 0.125. The Labute approximate surface area is 182 Å². The second kappa shape index (κ2) is 9.08. The standard InChI is InChI=1S/C23H29ClN2O4/c1-23(2,15-29-22-5-3-4-12-28-22)21-14-18(30-25-21)13-20(27)19-10-11-26(19)17-8-6-16(24)7-9-17/h6-9,14,19,22H,3-5,10-13,15H2,1-2H3/t19-,22?/m0/s1. The lowest BCUT2D eigenvalue weighted by Crippen LogP contribution is -2.53. The van der Waals surface area contributed by atoms with Crippen molar-refractivity contribution in [3.63, 3.8) is 0 Å². The normalized spacial score (nSPS) is 22.0. The molecular formula is C23H29ClN2O4. The van der Waals surface area contributed by atoms with Crippen molar-refractivity contribution in [3.05, 3.63) is 46.8 Å². The SMILES string of the molecule is CC(C)(COC1CCCCO1)c1cc(CC(=O)[C@@H]2CCN2c2ccc(Cl)cc2)on1. The number of halogens is 1. The fraction of sp³-hybridized carbons (Fsp3) is 0.565. The number of Topliss-reactive ketones (excluding diaryl/α,β-unsaturated/α-hetero) is 1. The third-order valence-electron chi connectivity index (χ3n) is 5.92. The highest BCUT2D eigenvalue weighted by molar-refractivity contribution is 6.30. The minimum Gasteiger partial charge on any atom is -0.361 e. The first kappa shape index (κ1) is 21.3. The first-order valence-electron chi connectivity index (χ1n) is 10.7. The molecule has 0 bridgehead atoms. The zero-order valence-electron chi connectivity index (χ0n) is 17.6. The van der Waals surface area contributed by atoms with Gasteiger partial charge in [0.1, 0.15) is 5.76 Å². The Morgan fingerprint density at radius 2 is 2.07 bits per heavy atom. The maximum absolute atomic E-state index is 12.8. The summed E-state index contributed by atoms with van der Waals surface area (Å²) in [7, 11) is 0. The van der Waals surface area contributed by atoms with Crippen LogP contribution in [0.4, 0.5) is 5.69 Å². The molecule has 30 heavy (non-hydrogen) atoms. The number of ketones is 1. The van der Waals surface area contributed by atoms with Gasteiger partial charge in [0.25, 0.3) is 0 Å². The van der Waals surface area contributed by atoms with E-state index in [1.807, 2.05) is 30.3 Å². The predicted octanol–water partition coefficient (Wildman–Crippen LogP) is 4.54. The molecule has 0 aliphatic carbocycles. The molecular weight excluding hydrogens is 404 g/mol. The third kappa shape index (κ3) is 4.88. The number of hydrogen-bond donors (Lipinski definition) is 0. The quantitative estimate of drug-likeness (QED) is 0.610. The number of carbonyl (C=O) groups is 1. The van der Waals surface area contributed by atoms with E-state index < -0.39 is 0 Å². The lowest BCUT2D eigenvalue weighted by atomic mass is 9.89. The molecule has 0 N–H and O–H groups in total. The molecule has 2 aliphatic heterocycles. The van der Waals surface area contributed by atoms with Crippen molar-refractivity contribution in [2.45, 2.75) is 63.7 Å². The van der Waals surface area contributed by atoms with Gasteiger partial charge < -0.3 is 18.9 Å². The molecule has 1 aromatic carbocycles. The molecule has 0 radical (unpaired) electrons. The zero-order valence-corrected chi connectivity index (χ0v) is 18.4. The third-order valence-corrected chi connectivity index (χ3v) is 6.17. The van der Waals surface area contributed by atoms with Gasteiger partial charge in [-0.15, -0.1) is 0 Å². The molecule has 0 saturated carbocycles. The smallest absolute Gasteiger partial charge is 0.162 e. The minimum atomic E-state index is -0.322. The van der Waals surface area contributed by atoms with Crippen molar-refractivity contribution in [3.8, 4) is 0 Å². The van der Waals surface area contributed by atoms with Gasteiger partial charge in [0, 0.05) is 35.3 Å². The summed E-state index contributed by atoms with van der Waals surface area (Å²) in [5.41, 5.74) is 1.49. The number of carbonyl (C=O) groups excluding carboxylic acids is 1. The summed E-state index contributed by atoms with van der Waals surface area (Å²) in [4.78, 5) is 14.9.